The van der Waals surface area contributed by atoms with E-state index in [0.29, 0.717) is 31.6 Å². The van der Waals surface area contributed by atoms with Crippen LogP contribution in [0.2, 0.25) is 0 Å². The number of alkyl halides is 3. The Morgan fingerprint density at radius 3 is 2.53 bits per heavy atom. The van der Waals surface area contributed by atoms with Gasteiger partial charge in [0.2, 0.25) is 5.91 Å². The number of pyridine rings is 1. The molecule has 1 spiro atoms. The molecule has 2 amide bonds. The monoisotopic (exact) mass is 441 g/mol. The number of carboxylic acids is 1. The first kappa shape index (κ1) is 21.8. The van der Waals surface area contributed by atoms with E-state index in [1.807, 2.05) is 26.6 Å². The number of thiophene rings is 1. The van der Waals surface area contributed by atoms with Crippen molar-refractivity contribution in [1.82, 2.24) is 9.88 Å². The van der Waals surface area contributed by atoms with Crippen LogP contribution >= 0.6 is 11.3 Å². The number of carbonyl (C=O) groups is 3. The van der Waals surface area contributed by atoms with E-state index in [4.69, 9.17) is 9.90 Å². The lowest BCUT2D eigenvalue weighted by atomic mass is 9.86. The molecule has 0 saturated carbocycles. The molecule has 11 heteroatoms. The normalized spacial score (nSPS) is 21.0. The summed E-state index contributed by atoms with van der Waals surface area (Å²) in [6.07, 6.45) is -0.410. The largest absolute Gasteiger partial charge is 0.490 e. The summed E-state index contributed by atoms with van der Waals surface area (Å²) in [7, 11) is 0. The Balaban J connectivity index is 0.000000318. The number of anilines is 1. The molecule has 4 heterocycles. The van der Waals surface area contributed by atoms with Gasteiger partial charge in [-0.05, 0) is 30.0 Å². The maximum atomic E-state index is 12.6. The second kappa shape index (κ2) is 8.42. The standard InChI is InChI=1S/C17H17N3O2S.C2HF3O2/c21-15-8-17(12-20(15)14-3-7-23-10-14)4-6-19(11-17)16(22)13-2-1-5-18-9-13;3-2(4,5)1(6)7/h1-3,5,7,9-10H,4,6,8,11-12H2;(H,6,7). The highest BCUT2D eigenvalue weighted by Crippen LogP contribution is 2.42. The van der Waals surface area contributed by atoms with E-state index in [2.05, 4.69) is 4.98 Å². The maximum Gasteiger partial charge on any atom is 0.490 e. The Morgan fingerprint density at radius 2 is 1.97 bits per heavy atom. The highest BCUT2D eigenvalue weighted by molar-refractivity contribution is 7.08. The number of carboxylic acid groups (broad SMARTS) is 1. The molecule has 160 valence electrons. The van der Waals surface area contributed by atoms with Crippen LogP contribution in [0.4, 0.5) is 18.9 Å². The zero-order valence-corrected chi connectivity index (χ0v) is 16.4. The zero-order chi connectivity index (χ0) is 21.9. The van der Waals surface area contributed by atoms with Crippen LogP contribution in [-0.2, 0) is 9.59 Å². The topological polar surface area (TPSA) is 90.8 Å². The minimum absolute atomic E-state index is 0.0106. The summed E-state index contributed by atoms with van der Waals surface area (Å²) in [4.78, 5) is 41.6. The first-order valence-electron chi connectivity index (χ1n) is 8.93. The predicted molar refractivity (Wildman–Crippen MR) is 102 cm³/mol. The molecule has 30 heavy (non-hydrogen) atoms. The van der Waals surface area contributed by atoms with Gasteiger partial charge in [0, 0.05) is 49.2 Å². The average Bonchev–Trinajstić information content (AvgIpc) is 3.42. The number of hydrogen-bond donors (Lipinski definition) is 1. The molecule has 0 radical (unpaired) electrons. The Hall–Kier alpha value is -2.95. The van der Waals surface area contributed by atoms with Crippen molar-refractivity contribution >= 4 is 34.8 Å². The van der Waals surface area contributed by atoms with Gasteiger partial charge >= 0.3 is 12.1 Å². The molecule has 0 bridgehead atoms. The highest BCUT2D eigenvalue weighted by Gasteiger charge is 2.49. The molecule has 2 aromatic rings. The van der Waals surface area contributed by atoms with E-state index in [0.717, 1.165) is 12.1 Å². The number of aliphatic carboxylic acids is 1. The van der Waals surface area contributed by atoms with Crippen LogP contribution in [0.25, 0.3) is 0 Å². The van der Waals surface area contributed by atoms with E-state index in [9.17, 15) is 22.8 Å². The van der Waals surface area contributed by atoms with Crippen LogP contribution in [0.1, 0.15) is 23.2 Å². The molecule has 1 atom stereocenters. The molecule has 1 unspecified atom stereocenters. The van der Waals surface area contributed by atoms with Crippen molar-refractivity contribution in [1.29, 1.82) is 0 Å². The van der Waals surface area contributed by atoms with Gasteiger partial charge in [-0.1, -0.05) is 0 Å². The molecule has 0 aromatic carbocycles. The van der Waals surface area contributed by atoms with Crippen LogP contribution < -0.4 is 4.90 Å². The lowest BCUT2D eigenvalue weighted by Gasteiger charge is -2.23. The van der Waals surface area contributed by atoms with Gasteiger partial charge in [-0.25, -0.2) is 4.79 Å². The number of hydrogen-bond acceptors (Lipinski definition) is 5. The smallest absolute Gasteiger partial charge is 0.475 e. The van der Waals surface area contributed by atoms with Gasteiger partial charge < -0.3 is 14.9 Å². The fourth-order valence-electron chi connectivity index (χ4n) is 3.60. The van der Waals surface area contributed by atoms with Crippen LogP contribution in [0.3, 0.4) is 0 Å². The molecule has 2 fully saturated rings. The molecule has 0 aliphatic carbocycles. The first-order valence-corrected chi connectivity index (χ1v) is 9.88. The molecular formula is C19H18F3N3O4S. The Bertz CT molecular complexity index is 921. The van der Waals surface area contributed by atoms with Gasteiger partial charge in [-0.15, -0.1) is 0 Å². The fraction of sp³-hybridized carbons (Fsp3) is 0.368. The van der Waals surface area contributed by atoms with Gasteiger partial charge in [-0.2, -0.15) is 24.5 Å². The Kier molecular flexibility index (Phi) is 6.11. The summed E-state index contributed by atoms with van der Waals surface area (Å²) in [6.45, 7) is 2.06. The number of halogens is 3. The van der Waals surface area contributed by atoms with Crippen molar-refractivity contribution in [3.05, 3.63) is 46.9 Å². The lowest BCUT2D eigenvalue weighted by Crippen LogP contribution is -2.34. The third kappa shape index (κ3) is 4.78. The van der Waals surface area contributed by atoms with Crippen molar-refractivity contribution in [2.75, 3.05) is 24.5 Å². The maximum absolute atomic E-state index is 12.6. The number of rotatable bonds is 2. The van der Waals surface area contributed by atoms with E-state index in [1.54, 1.807) is 35.9 Å². The first-order chi connectivity index (χ1) is 14.1. The summed E-state index contributed by atoms with van der Waals surface area (Å²) >= 11 is 1.60. The number of carbonyl (C=O) groups excluding carboxylic acids is 2. The highest BCUT2D eigenvalue weighted by atomic mass is 32.1. The summed E-state index contributed by atoms with van der Waals surface area (Å²) in [5.41, 5.74) is 1.49. The van der Waals surface area contributed by atoms with Gasteiger partial charge in [0.15, 0.2) is 0 Å². The summed E-state index contributed by atoms with van der Waals surface area (Å²) in [6, 6.07) is 5.54. The summed E-state index contributed by atoms with van der Waals surface area (Å²) in [5.74, 6) is -2.58. The Labute approximate surface area is 173 Å². The molecule has 2 aromatic heterocycles. The van der Waals surface area contributed by atoms with Crippen LogP contribution in [0, 0.1) is 5.41 Å². The zero-order valence-electron chi connectivity index (χ0n) is 15.6. The van der Waals surface area contributed by atoms with Crippen LogP contribution in [-0.4, -0.2) is 58.6 Å². The van der Waals surface area contributed by atoms with E-state index in [-0.39, 0.29) is 17.2 Å². The Morgan fingerprint density at radius 1 is 1.23 bits per heavy atom. The van der Waals surface area contributed by atoms with Gasteiger partial charge in [0.25, 0.3) is 5.91 Å². The number of amides is 2. The predicted octanol–water partition coefficient (Wildman–Crippen LogP) is 3.05. The second-order valence-electron chi connectivity index (χ2n) is 7.16. The van der Waals surface area contributed by atoms with Crippen molar-refractivity contribution in [3.8, 4) is 0 Å². The van der Waals surface area contributed by atoms with Crippen molar-refractivity contribution in [3.63, 3.8) is 0 Å². The SMILES string of the molecule is O=C(O)C(F)(F)F.O=C(c1cccnc1)N1CCC2(CC(=O)N(c3ccsc3)C2)C1. The van der Waals surface area contributed by atoms with Crippen molar-refractivity contribution < 1.29 is 32.7 Å². The quantitative estimate of drug-likeness (QED) is 0.774. The van der Waals surface area contributed by atoms with Crippen molar-refractivity contribution in [2.24, 2.45) is 5.41 Å². The minimum Gasteiger partial charge on any atom is -0.475 e. The second-order valence-corrected chi connectivity index (χ2v) is 7.94. The van der Waals surface area contributed by atoms with E-state index < -0.39 is 12.1 Å². The number of nitrogens with zero attached hydrogens (tertiary/aromatic N) is 3. The summed E-state index contributed by atoms with van der Waals surface area (Å²) < 4.78 is 31.7. The van der Waals surface area contributed by atoms with Gasteiger partial charge in [0.1, 0.15) is 0 Å². The van der Waals surface area contributed by atoms with Crippen LogP contribution in [0.5, 0.6) is 0 Å². The van der Waals surface area contributed by atoms with Crippen molar-refractivity contribution in [2.45, 2.75) is 19.0 Å². The molecule has 2 aliphatic rings. The number of likely N-dealkylation sites (tertiary alicyclic amines) is 1. The third-order valence-corrected chi connectivity index (χ3v) is 5.69. The van der Waals surface area contributed by atoms with Gasteiger partial charge in [-0.3, -0.25) is 14.6 Å². The molecule has 1 N–H and O–H groups in total. The third-order valence-electron chi connectivity index (χ3n) is 5.02. The minimum atomic E-state index is -5.08. The molecule has 2 aliphatic heterocycles. The molecule has 4 rings (SSSR count). The fourth-order valence-corrected chi connectivity index (χ4v) is 4.24. The summed E-state index contributed by atoms with van der Waals surface area (Å²) in [5, 5.41) is 11.1. The van der Waals surface area contributed by atoms with Gasteiger partial charge in [0.05, 0.1) is 11.3 Å². The lowest BCUT2D eigenvalue weighted by molar-refractivity contribution is -0.192. The molecule has 2 saturated heterocycles. The average molecular weight is 441 g/mol. The number of aromatic nitrogens is 1. The van der Waals surface area contributed by atoms with Crippen LogP contribution in [0.15, 0.2) is 41.4 Å². The molecule has 7 nitrogen and oxygen atoms in total. The molecular weight excluding hydrogens is 423 g/mol. The van der Waals surface area contributed by atoms with E-state index in [1.165, 1.54) is 0 Å². The van der Waals surface area contributed by atoms with E-state index >= 15 is 0 Å².